The molecule has 0 aromatic heterocycles. The number of benzene rings is 3. The molecule has 0 amide bonds. The van der Waals surface area contributed by atoms with Crippen molar-refractivity contribution in [3.05, 3.63) is 95.3 Å². The predicted octanol–water partition coefficient (Wildman–Crippen LogP) is 5.71. The summed E-state index contributed by atoms with van der Waals surface area (Å²) in [6.45, 7) is 0.146. The van der Waals surface area contributed by atoms with E-state index in [2.05, 4.69) is 0 Å². The van der Waals surface area contributed by atoms with Gasteiger partial charge in [0.2, 0.25) is 0 Å². The molecule has 3 aromatic rings. The molecule has 0 fully saturated rings. The number of halogens is 4. The summed E-state index contributed by atoms with van der Waals surface area (Å²) in [7, 11) is 0. The fourth-order valence-electron chi connectivity index (χ4n) is 2.78. The Hall–Kier alpha value is -2.81. The van der Waals surface area contributed by atoms with E-state index in [0.717, 1.165) is 18.2 Å². The minimum atomic E-state index is -4.38. The molecule has 0 bridgehead atoms. The van der Waals surface area contributed by atoms with Gasteiger partial charge in [-0.3, -0.25) is 4.79 Å². The van der Waals surface area contributed by atoms with Gasteiger partial charge >= 0.3 is 41.7 Å². The number of aliphatic carboxylic acids is 1. The molecule has 0 spiro atoms. The number of rotatable bonds is 8. The van der Waals surface area contributed by atoms with Crippen LogP contribution in [0.5, 0.6) is 17.2 Å². The minimum absolute atomic E-state index is 0. The summed E-state index contributed by atoms with van der Waals surface area (Å²) in [6, 6.07) is 15.0. The molecule has 0 heterocycles. The number of carbonyl (C=O) groups is 1. The zero-order valence-electron chi connectivity index (χ0n) is 16.6. The monoisotopic (exact) mass is 470 g/mol. The Bertz CT molecular complexity index is 1110. The Morgan fingerprint density at radius 3 is 2.33 bits per heavy atom. The molecule has 0 aliphatic heterocycles. The van der Waals surface area contributed by atoms with Crippen molar-refractivity contribution in [3.63, 3.8) is 0 Å². The second kappa shape index (κ2) is 11.9. The van der Waals surface area contributed by atoms with Crippen LogP contribution in [0.3, 0.4) is 0 Å². The first-order valence-corrected chi connectivity index (χ1v) is 9.45. The van der Waals surface area contributed by atoms with Gasteiger partial charge in [0.15, 0.2) is 11.6 Å². The summed E-state index contributed by atoms with van der Waals surface area (Å²) >= 11 is 0. The predicted molar refractivity (Wildman–Crippen MR) is 117 cm³/mol. The zero-order valence-corrected chi connectivity index (χ0v) is 16.6. The molecular formula is C24H19F4NaO4. The summed E-state index contributed by atoms with van der Waals surface area (Å²) in [5.74, 6) is -1.06. The van der Waals surface area contributed by atoms with E-state index in [9.17, 15) is 22.4 Å². The van der Waals surface area contributed by atoms with Crippen molar-refractivity contribution in [2.24, 2.45) is 0 Å². The molecule has 0 aliphatic rings. The fourth-order valence-corrected chi connectivity index (χ4v) is 2.78. The molecule has 1 N–H and O–H groups in total. The van der Waals surface area contributed by atoms with Gasteiger partial charge in [-0.05, 0) is 53.6 Å². The third-order valence-electron chi connectivity index (χ3n) is 4.28. The van der Waals surface area contributed by atoms with Crippen molar-refractivity contribution in [2.75, 3.05) is 6.61 Å². The van der Waals surface area contributed by atoms with E-state index >= 15 is 0 Å². The number of ether oxygens (including phenoxy) is 2. The number of carboxylic acids is 1. The van der Waals surface area contributed by atoms with Crippen molar-refractivity contribution in [1.29, 1.82) is 0 Å². The third-order valence-corrected chi connectivity index (χ3v) is 4.28. The summed E-state index contributed by atoms with van der Waals surface area (Å²) < 4.78 is 62.9. The molecule has 0 atom stereocenters. The standard InChI is InChI=1S/C24H18F4O4.Na.H/c25-21-11-8-17(14-23(29)30)13-22(21)32-20-5-1-4-19(15-20)31-12-2-3-16-6-9-18(10-7-16)24(26,27)28;;/h1-11,13,15H,12,14H2,(H,29,30);;/b3-2+;;. The van der Waals surface area contributed by atoms with Gasteiger partial charge in [-0.25, -0.2) is 4.39 Å². The Balaban J connectivity index is 0.00000385. The summed E-state index contributed by atoms with van der Waals surface area (Å²) in [4.78, 5) is 10.8. The molecule has 168 valence electrons. The topological polar surface area (TPSA) is 55.8 Å². The second-order valence-electron chi connectivity index (χ2n) is 6.75. The average Bonchev–Trinajstić information content (AvgIpc) is 2.73. The first-order valence-electron chi connectivity index (χ1n) is 9.45. The normalized spacial score (nSPS) is 11.2. The Labute approximate surface area is 209 Å². The van der Waals surface area contributed by atoms with Crippen LogP contribution in [-0.2, 0) is 17.4 Å². The second-order valence-corrected chi connectivity index (χ2v) is 6.75. The molecule has 0 saturated carbocycles. The van der Waals surface area contributed by atoms with E-state index < -0.39 is 23.5 Å². The van der Waals surface area contributed by atoms with Crippen molar-refractivity contribution in [3.8, 4) is 17.2 Å². The molecule has 9 heteroatoms. The summed E-state index contributed by atoms with van der Waals surface area (Å²) in [6.07, 6.45) is -1.36. The first kappa shape index (κ1) is 26.4. The van der Waals surface area contributed by atoms with Crippen molar-refractivity contribution in [2.45, 2.75) is 12.6 Å². The van der Waals surface area contributed by atoms with Crippen LogP contribution in [0.1, 0.15) is 16.7 Å². The number of hydrogen-bond acceptors (Lipinski definition) is 3. The molecule has 3 aromatic carbocycles. The maximum atomic E-state index is 14.0. The molecule has 0 aliphatic carbocycles. The molecule has 0 radical (unpaired) electrons. The van der Waals surface area contributed by atoms with E-state index in [1.54, 1.807) is 30.4 Å². The van der Waals surface area contributed by atoms with Crippen LogP contribution < -0.4 is 9.47 Å². The van der Waals surface area contributed by atoms with E-state index in [1.807, 2.05) is 0 Å². The Morgan fingerprint density at radius 2 is 1.67 bits per heavy atom. The van der Waals surface area contributed by atoms with Crippen LogP contribution >= 0.6 is 0 Å². The van der Waals surface area contributed by atoms with E-state index in [1.165, 1.54) is 30.3 Å². The van der Waals surface area contributed by atoms with Gasteiger partial charge in [-0.2, -0.15) is 13.2 Å². The van der Waals surface area contributed by atoms with Gasteiger partial charge in [0.25, 0.3) is 0 Å². The van der Waals surface area contributed by atoms with Crippen LogP contribution in [0.15, 0.2) is 72.8 Å². The van der Waals surface area contributed by atoms with Gasteiger partial charge in [0, 0.05) is 6.07 Å². The average molecular weight is 470 g/mol. The zero-order chi connectivity index (χ0) is 23.1. The van der Waals surface area contributed by atoms with Crippen molar-refractivity contribution in [1.82, 2.24) is 0 Å². The van der Waals surface area contributed by atoms with Gasteiger partial charge < -0.3 is 14.6 Å². The van der Waals surface area contributed by atoms with E-state index in [0.29, 0.717) is 22.6 Å². The molecular weight excluding hydrogens is 451 g/mol. The van der Waals surface area contributed by atoms with Crippen LogP contribution in [0, 0.1) is 5.82 Å². The van der Waals surface area contributed by atoms with Crippen LogP contribution in [0.25, 0.3) is 6.08 Å². The van der Waals surface area contributed by atoms with E-state index in [-0.39, 0.29) is 48.3 Å². The number of alkyl halides is 3. The molecule has 4 nitrogen and oxygen atoms in total. The summed E-state index contributed by atoms with van der Waals surface area (Å²) in [5, 5.41) is 8.87. The Kier molecular flexibility index (Phi) is 9.52. The molecule has 33 heavy (non-hydrogen) atoms. The molecule has 0 unspecified atom stereocenters. The van der Waals surface area contributed by atoms with Gasteiger partial charge in [-0.1, -0.05) is 30.3 Å². The van der Waals surface area contributed by atoms with E-state index in [4.69, 9.17) is 14.6 Å². The van der Waals surface area contributed by atoms with Crippen LogP contribution in [0.2, 0.25) is 0 Å². The Morgan fingerprint density at radius 1 is 0.970 bits per heavy atom. The van der Waals surface area contributed by atoms with Crippen molar-refractivity contribution < 1.29 is 36.9 Å². The first-order chi connectivity index (χ1) is 15.2. The van der Waals surface area contributed by atoms with Gasteiger partial charge in [0.05, 0.1) is 12.0 Å². The third kappa shape index (κ3) is 8.24. The van der Waals surface area contributed by atoms with Gasteiger partial charge in [-0.15, -0.1) is 0 Å². The number of hydrogen-bond donors (Lipinski definition) is 1. The van der Waals surface area contributed by atoms with Crippen molar-refractivity contribution >= 4 is 41.6 Å². The quantitative estimate of drug-likeness (QED) is 0.339. The van der Waals surface area contributed by atoms with Gasteiger partial charge in [0.1, 0.15) is 18.1 Å². The fraction of sp³-hybridized carbons (Fsp3) is 0.125. The van der Waals surface area contributed by atoms with Crippen LogP contribution in [0.4, 0.5) is 17.6 Å². The molecule has 0 saturated heterocycles. The maximum absolute atomic E-state index is 14.0. The van der Waals surface area contributed by atoms with Crippen LogP contribution in [-0.4, -0.2) is 47.2 Å². The molecule has 3 rings (SSSR count). The summed E-state index contributed by atoms with van der Waals surface area (Å²) in [5.41, 5.74) is 0.276. The number of carboxylic acid groups (broad SMARTS) is 1. The SMILES string of the molecule is O=C(O)Cc1ccc(F)c(Oc2cccc(OC/C=C/c3ccc(C(F)(F)F)cc3)c2)c1.[NaH].